The summed E-state index contributed by atoms with van der Waals surface area (Å²) in [7, 11) is 3.44. The van der Waals surface area contributed by atoms with Crippen LogP contribution in [0.3, 0.4) is 0 Å². The van der Waals surface area contributed by atoms with Gasteiger partial charge in [-0.25, -0.2) is 0 Å². The number of likely N-dealkylation sites (tertiary alicyclic amines) is 1. The minimum absolute atomic E-state index is 0.0289. The summed E-state index contributed by atoms with van der Waals surface area (Å²) in [6, 6.07) is 4.15. The molecule has 1 saturated heterocycles. The third kappa shape index (κ3) is 3.03. The zero-order chi connectivity index (χ0) is 22.6. The van der Waals surface area contributed by atoms with Crippen LogP contribution in [0.4, 0.5) is 0 Å². The third-order valence-electron chi connectivity index (χ3n) is 7.40. The lowest BCUT2D eigenvalue weighted by atomic mass is 9.53. The highest BCUT2D eigenvalue weighted by atomic mass is 16.6. The Labute approximate surface area is 186 Å². The van der Waals surface area contributed by atoms with Crippen LogP contribution in [0.2, 0.25) is 0 Å². The first kappa shape index (κ1) is 21.0. The van der Waals surface area contributed by atoms with Crippen LogP contribution in [-0.2, 0) is 35.7 Å². The van der Waals surface area contributed by atoms with Gasteiger partial charge in [-0.1, -0.05) is 12.1 Å². The van der Waals surface area contributed by atoms with Crippen molar-refractivity contribution in [3.63, 3.8) is 0 Å². The molecular formula is C24H27NO7. The molecule has 4 aliphatic rings. The molecule has 1 aromatic carbocycles. The highest BCUT2D eigenvalue weighted by molar-refractivity contribution is 5.78. The van der Waals surface area contributed by atoms with E-state index in [0.29, 0.717) is 17.5 Å². The highest BCUT2D eigenvalue weighted by Crippen LogP contribution is 2.62. The molecule has 0 amide bonds. The van der Waals surface area contributed by atoms with Crippen LogP contribution in [0.25, 0.3) is 0 Å². The zero-order valence-electron chi connectivity index (χ0n) is 18.5. The minimum atomic E-state index is -0.594. The Balaban J connectivity index is 1.52. The number of nitrogens with zero attached hydrogens (tertiary/aromatic N) is 1. The van der Waals surface area contributed by atoms with Crippen LogP contribution in [0.5, 0.6) is 11.5 Å². The van der Waals surface area contributed by atoms with E-state index in [0.717, 1.165) is 24.9 Å². The monoisotopic (exact) mass is 441 g/mol. The summed E-state index contributed by atoms with van der Waals surface area (Å²) < 4.78 is 22.4. The quantitative estimate of drug-likeness (QED) is 0.389. The highest BCUT2D eigenvalue weighted by Gasteiger charge is 2.65. The summed E-state index contributed by atoms with van der Waals surface area (Å²) in [6.07, 6.45) is 4.72. The van der Waals surface area contributed by atoms with Gasteiger partial charge in [0.2, 0.25) is 0 Å². The number of carbonyl (C=O) groups excluding carboxylic acids is 3. The second kappa shape index (κ2) is 7.62. The maximum atomic E-state index is 12.5. The molecule has 2 aliphatic heterocycles. The fourth-order valence-electron chi connectivity index (χ4n) is 6.06. The van der Waals surface area contributed by atoms with Gasteiger partial charge in [-0.15, -0.1) is 0 Å². The minimum Gasteiger partial charge on any atom is -0.481 e. The Morgan fingerprint density at radius 1 is 1.19 bits per heavy atom. The van der Waals surface area contributed by atoms with E-state index in [1.54, 1.807) is 6.07 Å². The number of methoxy groups -OCH3 is 1. The maximum Gasteiger partial charge on any atom is 0.308 e. The van der Waals surface area contributed by atoms with Crippen LogP contribution in [0, 0.1) is 5.92 Å². The molecule has 8 heteroatoms. The van der Waals surface area contributed by atoms with Gasteiger partial charge in [0, 0.05) is 29.9 Å². The lowest BCUT2D eigenvalue weighted by Gasteiger charge is -2.56. The Kier molecular flexibility index (Phi) is 5.00. The molecule has 170 valence electrons. The average Bonchev–Trinajstić information content (AvgIpc) is 3.12. The predicted molar refractivity (Wildman–Crippen MR) is 112 cm³/mol. The van der Waals surface area contributed by atoms with Gasteiger partial charge in [0.15, 0.2) is 17.6 Å². The van der Waals surface area contributed by atoms with Gasteiger partial charge in [0.05, 0.1) is 20.0 Å². The van der Waals surface area contributed by atoms with Crippen LogP contribution >= 0.6 is 0 Å². The van der Waals surface area contributed by atoms with E-state index in [-0.39, 0.29) is 24.2 Å². The molecule has 2 unspecified atom stereocenters. The lowest BCUT2D eigenvalue weighted by molar-refractivity contribution is -0.157. The van der Waals surface area contributed by atoms with Crippen molar-refractivity contribution in [2.45, 2.75) is 56.3 Å². The Hall–Kier alpha value is -2.87. The summed E-state index contributed by atoms with van der Waals surface area (Å²) in [6.45, 7) is 2.27. The van der Waals surface area contributed by atoms with Gasteiger partial charge >= 0.3 is 17.9 Å². The van der Waals surface area contributed by atoms with E-state index in [1.807, 2.05) is 12.1 Å². The summed E-state index contributed by atoms with van der Waals surface area (Å²) >= 11 is 0. The first-order chi connectivity index (χ1) is 15.3. The van der Waals surface area contributed by atoms with Gasteiger partial charge in [0.25, 0.3) is 0 Å². The van der Waals surface area contributed by atoms with E-state index >= 15 is 0 Å². The molecule has 8 nitrogen and oxygen atoms in total. The number of likely N-dealkylation sites (N-methyl/N-ethyl adjacent to an activating group) is 1. The first-order valence-corrected chi connectivity index (χ1v) is 11.0. The van der Waals surface area contributed by atoms with Crippen molar-refractivity contribution in [2.75, 3.05) is 20.7 Å². The molecule has 0 saturated carbocycles. The molecule has 1 aromatic rings. The molecule has 5 atom stereocenters. The van der Waals surface area contributed by atoms with E-state index in [2.05, 4.69) is 22.8 Å². The molecule has 2 aliphatic carbocycles. The number of benzene rings is 1. The van der Waals surface area contributed by atoms with Crippen LogP contribution < -0.4 is 9.47 Å². The summed E-state index contributed by atoms with van der Waals surface area (Å²) in [5, 5.41) is 0. The molecule has 32 heavy (non-hydrogen) atoms. The number of hydrogen-bond acceptors (Lipinski definition) is 8. The molecule has 2 heterocycles. The fourth-order valence-corrected chi connectivity index (χ4v) is 6.06. The molecule has 0 N–H and O–H groups in total. The number of carbonyl (C=O) groups is 3. The normalized spacial score (nSPS) is 31.3. The molecular weight excluding hydrogens is 414 g/mol. The Morgan fingerprint density at radius 2 is 1.97 bits per heavy atom. The van der Waals surface area contributed by atoms with E-state index < -0.39 is 30.1 Å². The Bertz CT molecular complexity index is 1020. The standard InChI is InChI=1S/C24H27NO7/c1-13(26)30-17-6-4-14-12-16-15-5-7-18(31-20(28)9-8-19(27)29-3)23-24(15,10-11-25(16)2)21(14)22(17)32-23/h4-7,15-16,18,23H,8-12H2,1-3H3/t15-,16+,18?,23?,24-/m0/s1. The number of piperidine rings is 1. The van der Waals surface area contributed by atoms with Crippen LogP contribution in [0.1, 0.15) is 37.3 Å². The van der Waals surface area contributed by atoms with Crippen molar-refractivity contribution < 1.29 is 33.3 Å². The van der Waals surface area contributed by atoms with Crippen molar-refractivity contribution in [3.05, 3.63) is 35.4 Å². The van der Waals surface area contributed by atoms with Crippen LogP contribution in [0.15, 0.2) is 24.3 Å². The predicted octanol–water partition coefficient (Wildman–Crippen LogP) is 1.92. The lowest BCUT2D eigenvalue weighted by Crippen LogP contribution is -2.65. The fraction of sp³-hybridized carbons (Fsp3) is 0.542. The smallest absolute Gasteiger partial charge is 0.308 e. The van der Waals surface area contributed by atoms with E-state index in [1.165, 1.54) is 19.6 Å². The second-order valence-electron chi connectivity index (χ2n) is 9.04. The van der Waals surface area contributed by atoms with Gasteiger partial charge in [-0.3, -0.25) is 14.4 Å². The van der Waals surface area contributed by atoms with Gasteiger partial charge < -0.3 is 23.8 Å². The van der Waals surface area contributed by atoms with Crippen molar-refractivity contribution in [1.82, 2.24) is 4.90 Å². The van der Waals surface area contributed by atoms with E-state index in [9.17, 15) is 14.4 Å². The van der Waals surface area contributed by atoms with Gasteiger partial charge in [0.1, 0.15) is 6.10 Å². The number of hydrogen-bond donors (Lipinski definition) is 0. The molecule has 0 aromatic heterocycles. The van der Waals surface area contributed by atoms with Gasteiger partial charge in [-0.05, 0) is 44.1 Å². The molecule has 0 radical (unpaired) electrons. The topological polar surface area (TPSA) is 91.4 Å². The molecule has 5 rings (SSSR count). The number of ether oxygens (including phenoxy) is 4. The summed E-state index contributed by atoms with van der Waals surface area (Å²) in [5.74, 6) is -0.125. The SMILES string of the molecule is COC(=O)CCC(=O)OC1C=C[C@H]2[C@H]3Cc4ccc(OC(C)=O)c5c4[C@@]2(CCN3C)C1O5. The number of esters is 3. The first-order valence-electron chi connectivity index (χ1n) is 11.0. The summed E-state index contributed by atoms with van der Waals surface area (Å²) in [5.41, 5.74) is 1.94. The largest absolute Gasteiger partial charge is 0.481 e. The van der Waals surface area contributed by atoms with Crippen molar-refractivity contribution >= 4 is 17.9 Å². The van der Waals surface area contributed by atoms with E-state index in [4.69, 9.17) is 14.2 Å². The maximum absolute atomic E-state index is 12.5. The van der Waals surface area contributed by atoms with Crippen molar-refractivity contribution in [2.24, 2.45) is 5.92 Å². The average molecular weight is 441 g/mol. The number of rotatable bonds is 5. The molecule has 1 spiro atoms. The molecule has 1 fully saturated rings. The van der Waals surface area contributed by atoms with Gasteiger partial charge in [-0.2, -0.15) is 0 Å². The summed E-state index contributed by atoms with van der Waals surface area (Å²) in [4.78, 5) is 38.0. The van der Waals surface area contributed by atoms with Crippen molar-refractivity contribution in [1.29, 1.82) is 0 Å². The Morgan fingerprint density at radius 3 is 2.72 bits per heavy atom. The zero-order valence-corrected chi connectivity index (χ0v) is 18.5. The third-order valence-corrected chi connectivity index (χ3v) is 7.40. The van der Waals surface area contributed by atoms with Crippen LogP contribution in [-0.4, -0.2) is 61.8 Å². The van der Waals surface area contributed by atoms with Crippen molar-refractivity contribution in [3.8, 4) is 11.5 Å². The second-order valence-corrected chi connectivity index (χ2v) is 9.04. The molecule has 2 bridgehead atoms.